The van der Waals surface area contributed by atoms with Crippen LogP contribution in [0.4, 0.5) is 4.39 Å². The van der Waals surface area contributed by atoms with Crippen LogP contribution in [0.1, 0.15) is 12.0 Å². The zero-order valence-electron chi connectivity index (χ0n) is 7.47. The molecular formula is C10H11FO2. The molecule has 0 bridgehead atoms. The maximum Gasteiger partial charge on any atom is 0.164 e. The van der Waals surface area contributed by atoms with Crippen LogP contribution >= 0.6 is 0 Å². The molecule has 3 heteroatoms. The first-order chi connectivity index (χ1) is 6.27. The van der Waals surface area contributed by atoms with Crippen molar-refractivity contribution in [3.63, 3.8) is 0 Å². The van der Waals surface area contributed by atoms with Gasteiger partial charge in [-0.3, -0.25) is 0 Å². The number of ether oxygens (including phenoxy) is 2. The summed E-state index contributed by atoms with van der Waals surface area (Å²) in [5.41, 5.74) is 0.587. The van der Waals surface area contributed by atoms with Gasteiger partial charge in [-0.2, -0.15) is 0 Å². The maximum atomic E-state index is 13.1. The van der Waals surface area contributed by atoms with E-state index in [0.717, 1.165) is 6.42 Å². The summed E-state index contributed by atoms with van der Waals surface area (Å²) in [4.78, 5) is 0. The molecule has 2 rings (SSSR count). The average Bonchev–Trinajstić information content (AvgIpc) is 2.31. The molecule has 0 amide bonds. The highest BCUT2D eigenvalue weighted by molar-refractivity contribution is 5.43. The van der Waals surface area contributed by atoms with Crippen molar-refractivity contribution in [3.8, 4) is 11.5 Å². The second-order valence-corrected chi connectivity index (χ2v) is 3.10. The Morgan fingerprint density at radius 1 is 1.15 bits per heavy atom. The van der Waals surface area contributed by atoms with Gasteiger partial charge in [-0.1, -0.05) is 0 Å². The number of halogens is 1. The molecule has 1 aromatic rings. The largest absolute Gasteiger partial charge is 0.490 e. The highest BCUT2D eigenvalue weighted by Gasteiger charge is 2.12. The van der Waals surface area contributed by atoms with Crippen LogP contribution in [0, 0.1) is 12.7 Å². The van der Waals surface area contributed by atoms with E-state index in [2.05, 4.69) is 0 Å². The van der Waals surface area contributed by atoms with Gasteiger partial charge in [0.25, 0.3) is 0 Å². The molecule has 1 aliphatic rings. The zero-order valence-corrected chi connectivity index (χ0v) is 7.47. The van der Waals surface area contributed by atoms with Crippen LogP contribution in [-0.4, -0.2) is 13.2 Å². The van der Waals surface area contributed by atoms with E-state index in [1.54, 1.807) is 13.0 Å². The molecule has 0 spiro atoms. The van der Waals surface area contributed by atoms with Gasteiger partial charge in [0.1, 0.15) is 5.82 Å². The second-order valence-electron chi connectivity index (χ2n) is 3.10. The Morgan fingerprint density at radius 2 is 1.77 bits per heavy atom. The van der Waals surface area contributed by atoms with Gasteiger partial charge in [-0.25, -0.2) is 4.39 Å². The van der Waals surface area contributed by atoms with E-state index in [-0.39, 0.29) is 5.82 Å². The third-order valence-corrected chi connectivity index (χ3v) is 2.03. The Bertz CT molecular complexity index is 292. The van der Waals surface area contributed by atoms with Crippen LogP contribution in [0.5, 0.6) is 11.5 Å². The van der Waals surface area contributed by atoms with Crippen molar-refractivity contribution in [1.82, 2.24) is 0 Å². The van der Waals surface area contributed by atoms with Gasteiger partial charge in [-0.15, -0.1) is 0 Å². The minimum atomic E-state index is -0.246. The van der Waals surface area contributed by atoms with Gasteiger partial charge >= 0.3 is 0 Å². The van der Waals surface area contributed by atoms with Crippen molar-refractivity contribution >= 4 is 0 Å². The topological polar surface area (TPSA) is 18.5 Å². The van der Waals surface area contributed by atoms with Crippen LogP contribution in [0.25, 0.3) is 0 Å². The van der Waals surface area contributed by atoms with Crippen molar-refractivity contribution in [2.45, 2.75) is 13.3 Å². The fourth-order valence-electron chi connectivity index (χ4n) is 1.29. The van der Waals surface area contributed by atoms with E-state index < -0.39 is 0 Å². The molecule has 0 aliphatic carbocycles. The van der Waals surface area contributed by atoms with E-state index in [0.29, 0.717) is 30.3 Å². The van der Waals surface area contributed by atoms with Gasteiger partial charge in [-0.05, 0) is 18.6 Å². The van der Waals surface area contributed by atoms with Gasteiger partial charge in [0.15, 0.2) is 11.5 Å². The zero-order chi connectivity index (χ0) is 9.26. The molecule has 2 nitrogen and oxygen atoms in total. The molecular weight excluding hydrogens is 171 g/mol. The van der Waals surface area contributed by atoms with Gasteiger partial charge in [0, 0.05) is 12.5 Å². The first-order valence-electron chi connectivity index (χ1n) is 4.33. The predicted molar refractivity (Wildman–Crippen MR) is 46.7 cm³/mol. The Hall–Kier alpha value is -1.25. The molecule has 0 N–H and O–H groups in total. The highest BCUT2D eigenvalue weighted by Crippen LogP contribution is 2.31. The second kappa shape index (κ2) is 3.24. The first-order valence-corrected chi connectivity index (χ1v) is 4.33. The van der Waals surface area contributed by atoms with Gasteiger partial charge in [0.05, 0.1) is 13.2 Å². The standard InChI is InChI=1S/C10H11FO2/c1-7-5-9-10(6-8(7)11)13-4-2-3-12-9/h5-6H,2-4H2,1H3. The molecule has 0 saturated carbocycles. The minimum absolute atomic E-state index is 0.246. The summed E-state index contributed by atoms with van der Waals surface area (Å²) >= 11 is 0. The van der Waals surface area contributed by atoms with E-state index in [1.807, 2.05) is 0 Å². The molecule has 1 heterocycles. The van der Waals surface area contributed by atoms with E-state index in [9.17, 15) is 4.39 Å². The molecule has 0 fully saturated rings. The fourth-order valence-corrected chi connectivity index (χ4v) is 1.29. The van der Waals surface area contributed by atoms with Crippen LogP contribution in [-0.2, 0) is 0 Å². The highest BCUT2D eigenvalue weighted by atomic mass is 19.1. The van der Waals surface area contributed by atoms with Gasteiger partial charge in [0.2, 0.25) is 0 Å². The van der Waals surface area contributed by atoms with Crippen LogP contribution < -0.4 is 9.47 Å². The third-order valence-electron chi connectivity index (χ3n) is 2.03. The van der Waals surface area contributed by atoms with Crippen molar-refractivity contribution in [3.05, 3.63) is 23.5 Å². The summed E-state index contributed by atoms with van der Waals surface area (Å²) in [5, 5.41) is 0. The number of rotatable bonds is 0. The quantitative estimate of drug-likeness (QED) is 0.613. The minimum Gasteiger partial charge on any atom is -0.490 e. The lowest BCUT2D eigenvalue weighted by Crippen LogP contribution is -1.97. The number of hydrogen-bond donors (Lipinski definition) is 0. The molecule has 1 aromatic carbocycles. The Labute approximate surface area is 76.3 Å². The summed E-state index contributed by atoms with van der Waals surface area (Å²) in [7, 11) is 0. The number of hydrogen-bond acceptors (Lipinski definition) is 2. The van der Waals surface area contributed by atoms with Gasteiger partial charge < -0.3 is 9.47 Å². The van der Waals surface area contributed by atoms with Crippen molar-refractivity contribution in [1.29, 1.82) is 0 Å². The Kier molecular flexibility index (Phi) is 2.08. The van der Waals surface area contributed by atoms with Crippen LogP contribution in [0.3, 0.4) is 0 Å². The Morgan fingerprint density at radius 3 is 2.46 bits per heavy atom. The predicted octanol–water partition coefficient (Wildman–Crippen LogP) is 2.30. The molecule has 1 aliphatic heterocycles. The lowest BCUT2D eigenvalue weighted by atomic mass is 10.2. The monoisotopic (exact) mass is 182 g/mol. The third kappa shape index (κ3) is 1.59. The number of benzene rings is 1. The van der Waals surface area contributed by atoms with E-state index in [4.69, 9.17) is 9.47 Å². The van der Waals surface area contributed by atoms with Crippen LogP contribution in [0.2, 0.25) is 0 Å². The normalized spacial score (nSPS) is 15.2. The van der Waals surface area contributed by atoms with Crippen molar-refractivity contribution < 1.29 is 13.9 Å². The summed E-state index contributed by atoms with van der Waals surface area (Å²) in [6.45, 7) is 2.94. The van der Waals surface area contributed by atoms with E-state index >= 15 is 0 Å². The molecule has 0 saturated heterocycles. The summed E-state index contributed by atoms with van der Waals surface area (Å²) in [5.74, 6) is 0.918. The first kappa shape index (κ1) is 8.35. The molecule has 0 unspecified atom stereocenters. The average molecular weight is 182 g/mol. The van der Waals surface area contributed by atoms with Crippen LogP contribution in [0.15, 0.2) is 12.1 Å². The summed E-state index contributed by atoms with van der Waals surface area (Å²) < 4.78 is 23.8. The van der Waals surface area contributed by atoms with E-state index in [1.165, 1.54) is 6.07 Å². The SMILES string of the molecule is Cc1cc2c(cc1F)OCCCO2. The van der Waals surface area contributed by atoms with Crippen molar-refractivity contribution in [2.24, 2.45) is 0 Å². The molecule has 0 aromatic heterocycles. The molecule has 0 atom stereocenters. The molecule has 70 valence electrons. The molecule has 0 radical (unpaired) electrons. The molecule has 13 heavy (non-hydrogen) atoms. The fraction of sp³-hybridized carbons (Fsp3) is 0.400. The number of fused-ring (bicyclic) bond motifs is 1. The maximum absolute atomic E-state index is 13.1. The lowest BCUT2D eigenvalue weighted by molar-refractivity contribution is 0.296. The van der Waals surface area contributed by atoms with Crippen molar-refractivity contribution in [2.75, 3.05) is 13.2 Å². The Balaban J connectivity index is 2.43. The summed E-state index contributed by atoms with van der Waals surface area (Å²) in [6.07, 6.45) is 0.843. The number of aryl methyl sites for hydroxylation is 1. The lowest BCUT2D eigenvalue weighted by Gasteiger charge is -2.07. The summed E-state index contributed by atoms with van der Waals surface area (Å²) in [6, 6.07) is 3.06. The smallest absolute Gasteiger partial charge is 0.164 e.